The highest BCUT2D eigenvalue weighted by Gasteiger charge is 2.20. The van der Waals surface area contributed by atoms with E-state index >= 15 is 0 Å². The molecule has 2 rings (SSSR count). The first-order valence-corrected chi connectivity index (χ1v) is 7.51. The third-order valence-corrected chi connectivity index (χ3v) is 4.37. The molecule has 1 saturated heterocycles. The molecule has 1 unspecified atom stereocenters. The van der Waals surface area contributed by atoms with Gasteiger partial charge in [0.2, 0.25) is 0 Å². The van der Waals surface area contributed by atoms with E-state index in [-0.39, 0.29) is 5.78 Å². The number of halogens is 1. The highest BCUT2D eigenvalue weighted by atomic mass is 79.9. The molecule has 0 N–H and O–H groups in total. The van der Waals surface area contributed by atoms with Crippen LogP contribution in [0.5, 0.6) is 5.75 Å². The third-order valence-electron chi connectivity index (χ3n) is 3.71. The Bertz CT molecular complexity index is 461. The Kier molecular flexibility index (Phi) is 4.99. The van der Waals surface area contributed by atoms with E-state index in [9.17, 15) is 4.79 Å². The Morgan fingerprint density at radius 3 is 2.89 bits per heavy atom. The lowest BCUT2D eigenvalue weighted by Crippen LogP contribution is -2.26. The quantitative estimate of drug-likeness (QED) is 0.776. The number of rotatable bonds is 5. The number of carbonyl (C=O) groups is 1. The topological polar surface area (TPSA) is 29.5 Å². The van der Waals surface area contributed by atoms with Gasteiger partial charge in [-0.2, -0.15) is 0 Å². The monoisotopic (exact) mass is 325 g/mol. The number of benzene rings is 1. The molecule has 104 valence electrons. The molecule has 1 aromatic rings. The molecule has 0 bridgehead atoms. The molecule has 0 aromatic heterocycles. The van der Waals surface area contributed by atoms with Crippen LogP contribution < -0.4 is 4.74 Å². The van der Waals surface area contributed by atoms with Crippen molar-refractivity contribution < 1.29 is 9.53 Å². The van der Waals surface area contributed by atoms with Crippen LogP contribution in [0.2, 0.25) is 0 Å². The third kappa shape index (κ3) is 3.80. The molecule has 1 aliphatic heterocycles. The molecule has 3 nitrogen and oxygen atoms in total. The van der Waals surface area contributed by atoms with Crippen LogP contribution >= 0.6 is 15.9 Å². The van der Waals surface area contributed by atoms with Crippen LogP contribution in [0.25, 0.3) is 0 Å². The molecule has 1 heterocycles. The van der Waals surface area contributed by atoms with Crippen molar-refractivity contribution in [2.75, 3.05) is 20.2 Å². The van der Waals surface area contributed by atoms with Gasteiger partial charge in [-0.15, -0.1) is 0 Å². The zero-order chi connectivity index (χ0) is 13.8. The molecule has 1 aromatic carbocycles. The Balaban J connectivity index is 1.86. The molecular weight excluding hydrogens is 306 g/mol. The summed E-state index contributed by atoms with van der Waals surface area (Å²) in [5, 5.41) is 0. The Labute approximate surface area is 123 Å². The fraction of sp³-hybridized carbons (Fsp3) is 0.533. The van der Waals surface area contributed by atoms with E-state index in [1.165, 1.54) is 19.4 Å². The predicted octanol–water partition coefficient (Wildman–Crippen LogP) is 3.51. The molecule has 1 aliphatic rings. The van der Waals surface area contributed by atoms with Gasteiger partial charge in [-0.25, -0.2) is 0 Å². The predicted molar refractivity (Wildman–Crippen MR) is 79.9 cm³/mol. The van der Waals surface area contributed by atoms with Gasteiger partial charge in [-0.3, -0.25) is 4.79 Å². The van der Waals surface area contributed by atoms with Crippen LogP contribution in [0.1, 0.15) is 36.5 Å². The normalized spacial score (nSPS) is 19.6. The molecule has 0 saturated carbocycles. The lowest BCUT2D eigenvalue weighted by molar-refractivity contribution is 0.101. The first-order valence-electron chi connectivity index (χ1n) is 6.71. The van der Waals surface area contributed by atoms with Crippen LogP contribution in [0.15, 0.2) is 22.7 Å². The molecule has 0 radical (unpaired) electrons. The number of hydrogen-bond donors (Lipinski definition) is 0. The van der Waals surface area contributed by atoms with Crippen molar-refractivity contribution in [3.8, 4) is 5.75 Å². The standard InChI is InChI=1S/C15H20BrNO2/c1-11(18)14-6-5-13(10-15(14)16)19-9-7-12-4-3-8-17(12)2/h5-6,10,12H,3-4,7-9H2,1-2H3. The maximum absolute atomic E-state index is 11.3. The van der Waals surface area contributed by atoms with Gasteiger partial charge in [0, 0.05) is 16.1 Å². The largest absolute Gasteiger partial charge is 0.493 e. The van der Waals surface area contributed by atoms with Crippen molar-refractivity contribution >= 4 is 21.7 Å². The minimum atomic E-state index is 0.0611. The second-order valence-electron chi connectivity index (χ2n) is 5.11. The second kappa shape index (κ2) is 6.53. The van der Waals surface area contributed by atoms with E-state index < -0.39 is 0 Å². The molecule has 19 heavy (non-hydrogen) atoms. The number of Topliss-reactive ketones (excluding diaryl/α,β-unsaturated/α-hetero) is 1. The molecule has 0 spiro atoms. The van der Waals surface area contributed by atoms with Crippen LogP contribution in [0.3, 0.4) is 0 Å². The van der Waals surface area contributed by atoms with Gasteiger partial charge in [0.25, 0.3) is 0 Å². The van der Waals surface area contributed by atoms with Gasteiger partial charge in [-0.05, 0) is 73.9 Å². The first kappa shape index (κ1) is 14.5. The summed E-state index contributed by atoms with van der Waals surface area (Å²) in [6.45, 7) is 3.49. The molecular formula is C15H20BrNO2. The van der Waals surface area contributed by atoms with Gasteiger partial charge < -0.3 is 9.64 Å². The molecule has 1 fully saturated rings. The fourth-order valence-corrected chi connectivity index (χ4v) is 3.16. The van der Waals surface area contributed by atoms with Crippen LogP contribution in [0.4, 0.5) is 0 Å². The zero-order valence-electron chi connectivity index (χ0n) is 11.5. The van der Waals surface area contributed by atoms with E-state index in [1.54, 1.807) is 6.92 Å². The van der Waals surface area contributed by atoms with Gasteiger partial charge in [0.1, 0.15) is 5.75 Å². The Morgan fingerprint density at radius 1 is 1.53 bits per heavy atom. The lowest BCUT2D eigenvalue weighted by atomic mass is 10.1. The average molecular weight is 326 g/mol. The smallest absolute Gasteiger partial charge is 0.160 e. The number of nitrogens with zero attached hydrogens (tertiary/aromatic N) is 1. The summed E-state index contributed by atoms with van der Waals surface area (Å²) < 4.78 is 6.57. The summed E-state index contributed by atoms with van der Waals surface area (Å²) in [7, 11) is 2.18. The van der Waals surface area contributed by atoms with Crippen molar-refractivity contribution in [2.45, 2.75) is 32.2 Å². The summed E-state index contributed by atoms with van der Waals surface area (Å²) in [6, 6.07) is 6.19. The van der Waals surface area contributed by atoms with Crippen LogP contribution in [0, 0.1) is 0 Å². The van der Waals surface area contributed by atoms with Gasteiger partial charge in [0.15, 0.2) is 5.78 Å². The summed E-state index contributed by atoms with van der Waals surface area (Å²) in [5.74, 6) is 0.878. The van der Waals surface area contributed by atoms with Crippen molar-refractivity contribution in [1.82, 2.24) is 4.90 Å². The number of likely N-dealkylation sites (tertiary alicyclic amines) is 1. The summed E-state index contributed by atoms with van der Waals surface area (Å²) in [5.41, 5.74) is 0.697. The van der Waals surface area contributed by atoms with E-state index in [1.807, 2.05) is 18.2 Å². The van der Waals surface area contributed by atoms with Crippen molar-refractivity contribution in [1.29, 1.82) is 0 Å². The van der Waals surface area contributed by atoms with Crippen LogP contribution in [-0.4, -0.2) is 36.9 Å². The summed E-state index contributed by atoms with van der Waals surface area (Å²) in [6.07, 6.45) is 3.62. The van der Waals surface area contributed by atoms with E-state index in [0.717, 1.165) is 23.2 Å². The number of ether oxygens (including phenoxy) is 1. The summed E-state index contributed by atoms with van der Waals surface area (Å²) in [4.78, 5) is 13.7. The Morgan fingerprint density at radius 2 is 2.32 bits per heavy atom. The van der Waals surface area contributed by atoms with Crippen molar-refractivity contribution in [3.05, 3.63) is 28.2 Å². The highest BCUT2D eigenvalue weighted by molar-refractivity contribution is 9.10. The van der Waals surface area contributed by atoms with Crippen molar-refractivity contribution in [2.24, 2.45) is 0 Å². The van der Waals surface area contributed by atoms with Crippen LogP contribution in [-0.2, 0) is 0 Å². The fourth-order valence-electron chi connectivity index (χ4n) is 2.53. The molecule has 1 atom stereocenters. The minimum Gasteiger partial charge on any atom is -0.493 e. The van der Waals surface area contributed by atoms with Crippen molar-refractivity contribution in [3.63, 3.8) is 0 Å². The molecule has 0 amide bonds. The SMILES string of the molecule is CC(=O)c1ccc(OCCC2CCCN2C)cc1Br. The maximum atomic E-state index is 11.3. The van der Waals surface area contributed by atoms with E-state index in [2.05, 4.69) is 27.9 Å². The first-order chi connectivity index (χ1) is 9.08. The number of carbonyl (C=O) groups excluding carboxylic acids is 1. The average Bonchev–Trinajstić information content (AvgIpc) is 2.75. The van der Waals surface area contributed by atoms with Gasteiger partial charge in [0.05, 0.1) is 6.61 Å². The number of ketones is 1. The summed E-state index contributed by atoms with van der Waals surface area (Å²) >= 11 is 3.41. The molecule has 4 heteroatoms. The van der Waals surface area contributed by atoms with E-state index in [4.69, 9.17) is 4.74 Å². The second-order valence-corrected chi connectivity index (χ2v) is 5.97. The highest BCUT2D eigenvalue weighted by Crippen LogP contribution is 2.24. The maximum Gasteiger partial charge on any atom is 0.160 e. The zero-order valence-corrected chi connectivity index (χ0v) is 13.1. The molecule has 0 aliphatic carbocycles. The van der Waals surface area contributed by atoms with Gasteiger partial charge >= 0.3 is 0 Å². The number of hydrogen-bond acceptors (Lipinski definition) is 3. The van der Waals surface area contributed by atoms with E-state index in [0.29, 0.717) is 11.6 Å². The Hall–Kier alpha value is -0.870. The lowest BCUT2D eigenvalue weighted by Gasteiger charge is -2.19. The minimum absolute atomic E-state index is 0.0611. The van der Waals surface area contributed by atoms with Gasteiger partial charge in [-0.1, -0.05) is 0 Å².